The molecule has 0 aliphatic rings. The number of carbonyl (C=O) groups excluding carboxylic acids is 1. The minimum absolute atomic E-state index is 0.0634. The second-order valence-corrected chi connectivity index (χ2v) is 6.22. The topological polar surface area (TPSA) is 97.3 Å². The minimum atomic E-state index is -0.0981. The van der Waals surface area contributed by atoms with Crippen LogP contribution in [0.4, 0.5) is 0 Å². The Morgan fingerprint density at radius 2 is 2.13 bits per heavy atom. The van der Waals surface area contributed by atoms with Gasteiger partial charge in [0, 0.05) is 11.8 Å². The van der Waals surface area contributed by atoms with Crippen molar-refractivity contribution < 1.29 is 4.79 Å². The number of tetrazole rings is 1. The molecule has 1 aromatic carbocycles. The molecule has 0 aliphatic heterocycles. The van der Waals surface area contributed by atoms with Gasteiger partial charge < -0.3 is 0 Å². The number of hydrogen-bond acceptors (Lipinski definition) is 7. The zero-order valence-electron chi connectivity index (χ0n) is 13.1. The summed E-state index contributed by atoms with van der Waals surface area (Å²) in [6.07, 6.45) is 2.45. The summed E-state index contributed by atoms with van der Waals surface area (Å²) in [4.78, 5) is 12.1. The molecule has 0 spiro atoms. The van der Waals surface area contributed by atoms with Crippen LogP contribution in [0.15, 0.2) is 18.2 Å². The number of fused-ring (bicyclic) bond motifs is 1. The van der Waals surface area contributed by atoms with Crippen molar-refractivity contribution in [3.63, 3.8) is 0 Å². The average molecular weight is 330 g/mol. The first-order chi connectivity index (χ1) is 11.2. The molecule has 0 unspecified atom stereocenters. The molecular weight excluding hydrogens is 312 g/mol. The lowest BCUT2D eigenvalue weighted by molar-refractivity contribution is -0.121. The van der Waals surface area contributed by atoms with Gasteiger partial charge in [0.15, 0.2) is 5.82 Å². The van der Waals surface area contributed by atoms with E-state index in [1.807, 2.05) is 18.2 Å². The molecule has 0 aliphatic carbocycles. The normalized spacial score (nSPS) is 14.0. The predicted octanol–water partition coefficient (Wildman–Crippen LogP) is 2.54. The maximum absolute atomic E-state index is 12.1. The Hall–Kier alpha value is -2.22. The quantitative estimate of drug-likeness (QED) is 0.715. The van der Waals surface area contributed by atoms with Gasteiger partial charge in [-0.1, -0.05) is 19.4 Å². The molecule has 2 heterocycles. The summed E-state index contributed by atoms with van der Waals surface area (Å²) < 4.78 is 8.50. The number of Topliss-reactive ketones (excluding diaryl/α,β-unsaturated/α-hetero) is 1. The lowest BCUT2D eigenvalue weighted by atomic mass is 9.81. The number of ketones is 1. The number of H-pyrrole nitrogens is 1. The van der Waals surface area contributed by atoms with E-state index in [1.165, 1.54) is 11.7 Å². The van der Waals surface area contributed by atoms with E-state index < -0.39 is 0 Å². The number of rotatable bonds is 7. The van der Waals surface area contributed by atoms with Crippen LogP contribution >= 0.6 is 11.7 Å². The lowest BCUT2D eigenvalue weighted by Crippen LogP contribution is -2.23. The standard InChI is InChI=1S/C15H18N6OS/c1-3-4-11(9(2)22)12(15-16-20-21-17-15)7-10-5-6-13-14(8-10)19-23-18-13/h5-6,8,11-12H,3-4,7H2,1-2H3,(H,16,17,20,21)/t11-,12+/m1/s1. The summed E-state index contributed by atoms with van der Waals surface area (Å²) in [5, 5.41) is 14.2. The van der Waals surface area contributed by atoms with E-state index in [1.54, 1.807) is 6.92 Å². The maximum Gasteiger partial charge on any atom is 0.152 e. The Balaban J connectivity index is 1.92. The summed E-state index contributed by atoms with van der Waals surface area (Å²) in [6.45, 7) is 3.73. The van der Waals surface area contributed by atoms with E-state index in [-0.39, 0.29) is 17.6 Å². The highest BCUT2D eigenvalue weighted by molar-refractivity contribution is 7.00. The van der Waals surface area contributed by atoms with Crippen LogP contribution in [-0.2, 0) is 11.2 Å². The molecule has 7 nitrogen and oxygen atoms in total. The number of carbonyl (C=O) groups is 1. The van der Waals surface area contributed by atoms with Crippen molar-refractivity contribution in [1.29, 1.82) is 0 Å². The first-order valence-electron chi connectivity index (χ1n) is 7.64. The second kappa shape index (κ2) is 6.91. The Labute approximate surface area is 137 Å². The van der Waals surface area contributed by atoms with E-state index in [9.17, 15) is 4.79 Å². The Morgan fingerprint density at radius 1 is 1.30 bits per heavy atom. The number of aromatic nitrogens is 6. The molecule has 3 aromatic rings. The highest BCUT2D eigenvalue weighted by atomic mass is 32.1. The highest BCUT2D eigenvalue weighted by Gasteiger charge is 2.29. The Bertz CT molecular complexity index is 784. The molecule has 0 bridgehead atoms. The van der Waals surface area contributed by atoms with Crippen LogP contribution < -0.4 is 0 Å². The molecule has 23 heavy (non-hydrogen) atoms. The molecule has 8 heteroatoms. The molecule has 0 amide bonds. The molecule has 0 saturated heterocycles. The monoisotopic (exact) mass is 330 g/mol. The Kier molecular flexibility index (Phi) is 4.71. The van der Waals surface area contributed by atoms with Crippen LogP contribution in [0.2, 0.25) is 0 Å². The summed E-state index contributed by atoms with van der Waals surface area (Å²) in [5.41, 5.74) is 2.89. The summed E-state index contributed by atoms with van der Waals surface area (Å²) >= 11 is 1.20. The van der Waals surface area contributed by atoms with Crippen LogP contribution in [0.5, 0.6) is 0 Å². The summed E-state index contributed by atoms with van der Waals surface area (Å²) in [7, 11) is 0. The van der Waals surface area contributed by atoms with Gasteiger partial charge >= 0.3 is 0 Å². The lowest BCUT2D eigenvalue weighted by Gasteiger charge is -2.22. The maximum atomic E-state index is 12.1. The fourth-order valence-electron chi connectivity index (χ4n) is 2.96. The van der Waals surface area contributed by atoms with E-state index in [2.05, 4.69) is 36.3 Å². The predicted molar refractivity (Wildman–Crippen MR) is 87.1 cm³/mol. The van der Waals surface area contributed by atoms with Crippen molar-refractivity contribution in [3.05, 3.63) is 29.6 Å². The van der Waals surface area contributed by atoms with Crippen molar-refractivity contribution in [2.24, 2.45) is 5.92 Å². The molecule has 3 rings (SSSR count). The smallest absolute Gasteiger partial charge is 0.152 e. The van der Waals surface area contributed by atoms with Crippen molar-refractivity contribution in [2.75, 3.05) is 0 Å². The van der Waals surface area contributed by atoms with Gasteiger partial charge in [-0.25, -0.2) is 5.10 Å². The number of nitrogens with zero attached hydrogens (tertiary/aromatic N) is 5. The van der Waals surface area contributed by atoms with E-state index >= 15 is 0 Å². The highest BCUT2D eigenvalue weighted by Crippen LogP contribution is 2.30. The van der Waals surface area contributed by atoms with E-state index in [4.69, 9.17) is 0 Å². The molecule has 0 fully saturated rings. The number of hydrogen-bond donors (Lipinski definition) is 1. The fourth-order valence-corrected chi connectivity index (χ4v) is 3.48. The van der Waals surface area contributed by atoms with Gasteiger partial charge in [-0.15, -0.1) is 5.10 Å². The van der Waals surface area contributed by atoms with Gasteiger partial charge in [0.25, 0.3) is 0 Å². The first kappa shape index (κ1) is 15.7. The summed E-state index contributed by atoms with van der Waals surface area (Å²) in [6, 6.07) is 6.02. The van der Waals surface area contributed by atoms with Crippen LogP contribution in [0.1, 0.15) is 44.0 Å². The average Bonchev–Trinajstić information content (AvgIpc) is 3.20. The van der Waals surface area contributed by atoms with Gasteiger partial charge in [-0.05, 0) is 47.9 Å². The fraction of sp³-hybridized carbons (Fsp3) is 0.467. The van der Waals surface area contributed by atoms with Crippen molar-refractivity contribution >= 4 is 28.5 Å². The van der Waals surface area contributed by atoms with Crippen LogP contribution in [0, 0.1) is 5.92 Å². The molecule has 2 atom stereocenters. The van der Waals surface area contributed by atoms with Gasteiger partial charge in [-0.2, -0.15) is 8.75 Å². The van der Waals surface area contributed by atoms with E-state index in [0.717, 1.165) is 29.4 Å². The zero-order valence-corrected chi connectivity index (χ0v) is 13.9. The molecule has 1 N–H and O–H groups in total. The van der Waals surface area contributed by atoms with Gasteiger partial charge in [0.1, 0.15) is 16.8 Å². The third kappa shape index (κ3) is 3.42. The number of benzene rings is 1. The number of aromatic amines is 1. The van der Waals surface area contributed by atoms with E-state index in [0.29, 0.717) is 12.2 Å². The van der Waals surface area contributed by atoms with Crippen LogP contribution in [0.3, 0.4) is 0 Å². The second-order valence-electron chi connectivity index (χ2n) is 5.69. The van der Waals surface area contributed by atoms with Crippen molar-refractivity contribution in [2.45, 2.75) is 39.0 Å². The zero-order chi connectivity index (χ0) is 16.2. The molecule has 0 radical (unpaired) electrons. The van der Waals surface area contributed by atoms with Gasteiger partial charge in [0.05, 0.1) is 11.7 Å². The third-order valence-corrected chi connectivity index (χ3v) is 4.65. The van der Waals surface area contributed by atoms with Gasteiger partial charge in [0.2, 0.25) is 0 Å². The molecule has 120 valence electrons. The Morgan fingerprint density at radius 3 is 2.83 bits per heavy atom. The third-order valence-electron chi connectivity index (χ3n) is 4.09. The van der Waals surface area contributed by atoms with Crippen LogP contribution in [0.25, 0.3) is 11.0 Å². The van der Waals surface area contributed by atoms with Crippen LogP contribution in [-0.4, -0.2) is 35.2 Å². The largest absolute Gasteiger partial charge is 0.300 e. The molecular formula is C15H18N6OS. The van der Waals surface area contributed by atoms with Crippen molar-refractivity contribution in [1.82, 2.24) is 29.4 Å². The SMILES string of the molecule is CCC[C@H](C(C)=O)[C@H](Cc1ccc2nsnc2c1)c1nnn[nH]1. The molecule has 0 saturated carbocycles. The minimum Gasteiger partial charge on any atom is -0.300 e. The first-order valence-corrected chi connectivity index (χ1v) is 8.37. The van der Waals surface area contributed by atoms with Gasteiger partial charge in [-0.3, -0.25) is 4.79 Å². The molecule has 2 aromatic heterocycles. The van der Waals surface area contributed by atoms with Crippen molar-refractivity contribution in [3.8, 4) is 0 Å². The number of nitrogens with one attached hydrogen (secondary N) is 1. The summed E-state index contributed by atoms with van der Waals surface area (Å²) in [5.74, 6) is 0.672.